The van der Waals surface area contributed by atoms with Gasteiger partial charge in [0.05, 0.1) is 0 Å². The molecule has 0 aliphatic carbocycles. The number of hydrogen-bond acceptors (Lipinski definition) is 1. The zero-order valence-electron chi connectivity index (χ0n) is 6.24. The smallest absolute Gasteiger partial charge is 0.00385 e. The van der Waals surface area contributed by atoms with Crippen LogP contribution in [0.4, 0.5) is 0 Å². The third kappa shape index (κ3) is 77.6. The maximum Gasteiger partial charge on any atom is 0.00385 e. The van der Waals surface area contributed by atoms with Crippen LogP contribution in [-0.4, -0.2) is 41.6 Å². The molecular weight excluding hydrogens is 182 g/mol. The molecule has 0 fully saturated rings. The first-order valence-electron chi connectivity index (χ1n) is 2.82. The minimum Gasteiger partial charge on any atom is -0.312 e. The summed E-state index contributed by atoms with van der Waals surface area (Å²) < 4.78 is 0. The van der Waals surface area contributed by atoms with Crippen molar-refractivity contribution >= 4 is 26.2 Å². The van der Waals surface area contributed by atoms with Gasteiger partial charge in [-0.15, -0.1) is 0 Å². The van der Waals surface area contributed by atoms with Gasteiger partial charge in [-0.25, -0.2) is 0 Å². The maximum atomic E-state index is 3.28. The molecule has 0 aromatic carbocycles. The zero-order valence-corrected chi connectivity index (χ0v) is 9.83. The van der Waals surface area contributed by atoms with Gasteiger partial charge >= 0.3 is 0 Å². The van der Waals surface area contributed by atoms with Crippen molar-refractivity contribution in [1.82, 2.24) is 4.90 Å². The molecule has 1 nitrogen and oxygen atoms in total. The monoisotopic (exact) mass is 197 g/mol. The van der Waals surface area contributed by atoms with E-state index in [1.54, 1.807) is 0 Å². The van der Waals surface area contributed by atoms with Crippen molar-refractivity contribution in [2.24, 2.45) is 0 Å². The van der Waals surface area contributed by atoms with Crippen molar-refractivity contribution in [2.75, 3.05) is 26.5 Å². The number of nitrogens with zero attached hydrogens (tertiary/aromatic N) is 1. The van der Waals surface area contributed by atoms with Crippen LogP contribution in [0, 0.1) is 0 Å². The Bertz CT molecular complexity index is 28.9. The summed E-state index contributed by atoms with van der Waals surface area (Å²) >= 11 is 3.28. The van der Waals surface area contributed by atoms with Crippen LogP contribution in [0.5, 0.6) is 0 Å². The summed E-state index contributed by atoms with van der Waals surface area (Å²) in [6.07, 6.45) is 0. The highest BCUT2D eigenvalue weighted by Gasteiger charge is 1.59. The highest BCUT2D eigenvalue weighted by molar-refractivity contribution is 9.09. The Balaban J connectivity index is 0. The molecule has 0 aromatic rings. The van der Waals surface area contributed by atoms with E-state index < -0.39 is 0 Å². The molecular formula is C5H16BrNSi. The molecule has 0 aliphatic rings. The molecule has 52 valence electrons. The Kier molecular flexibility index (Phi) is 15.2. The molecule has 0 saturated heterocycles. The van der Waals surface area contributed by atoms with Gasteiger partial charge in [-0.3, -0.25) is 0 Å². The number of alkyl halides is 1. The van der Waals surface area contributed by atoms with Crippen LogP contribution in [0.1, 0.15) is 0 Å². The van der Waals surface area contributed by atoms with Gasteiger partial charge in [-0.05, 0) is 26.5 Å². The lowest BCUT2D eigenvalue weighted by Crippen LogP contribution is -1.99. The third-order valence-electron chi connectivity index (χ3n) is 0.189. The first-order chi connectivity index (χ1) is 3.65. The van der Waals surface area contributed by atoms with Gasteiger partial charge in [-0.2, -0.15) is 0 Å². The Labute approximate surface area is 64.0 Å². The molecule has 0 unspecified atom stereocenters. The highest BCUT2D eigenvalue weighted by Crippen LogP contribution is 1.78. The van der Waals surface area contributed by atoms with Crippen molar-refractivity contribution in [3.63, 3.8) is 0 Å². The minimum atomic E-state index is 1.19. The highest BCUT2D eigenvalue weighted by atomic mass is 79.9. The summed E-state index contributed by atoms with van der Waals surface area (Å²) in [7, 11) is 7.34. The Morgan fingerprint density at radius 1 is 1.38 bits per heavy atom. The molecule has 0 aromatic heterocycles. The molecule has 3 heteroatoms. The minimum absolute atomic E-state index is 1.19. The Hall–Kier alpha value is 0.657. The predicted octanol–water partition coefficient (Wildman–Crippen LogP) is 0.343. The van der Waals surface area contributed by atoms with E-state index in [1.807, 2.05) is 26.0 Å². The van der Waals surface area contributed by atoms with E-state index in [-0.39, 0.29) is 0 Å². The van der Waals surface area contributed by atoms with Gasteiger partial charge < -0.3 is 4.90 Å². The average Bonchev–Trinajstić information content (AvgIpc) is 1.65. The summed E-state index contributed by atoms with van der Waals surface area (Å²) in [6.45, 7) is 0. The van der Waals surface area contributed by atoms with Crippen LogP contribution in [0.15, 0.2) is 0 Å². The fraction of sp³-hybridized carbons (Fsp3) is 1.00. The molecule has 0 radical (unpaired) electrons. The second-order valence-corrected chi connectivity index (χ2v) is 3.82. The first-order valence-corrected chi connectivity index (χ1v) is 5.35. The number of hydrogen-bond donors (Lipinski definition) is 0. The summed E-state index contributed by atoms with van der Waals surface area (Å²) in [4.78, 5) is 2.00. The van der Waals surface area contributed by atoms with Crippen LogP contribution >= 0.6 is 15.9 Å². The quantitative estimate of drug-likeness (QED) is 0.434. The number of rotatable bonds is 1. The van der Waals surface area contributed by atoms with E-state index in [9.17, 15) is 0 Å². The van der Waals surface area contributed by atoms with Crippen LogP contribution in [0.25, 0.3) is 0 Å². The number of halogens is 1. The summed E-state index contributed by atoms with van der Waals surface area (Å²) in [5.74, 6) is 0. The third-order valence-corrected chi connectivity index (χ3v) is 2.95. The van der Waals surface area contributed by atoms with Gasteiger partial charge in [0, 0.05) is 10.2 Å². The normalized spacial score (nSPS) is 8.62. The molecule has 8 heavy (non-hydrogen) atoms. The molecule has 0 amide bonds. The molecule has 0 spiro atoms. The maximum absolute atomic E-state index is 3.28. The molecule has 0 atom stereocenters. The summed E-state index contributed by atoms with van der Waals surface area (Å²) in [6, 6.07) is 1.38. The fourth-order valence-electron chi connectivity index (χ4n) is 0. The molecule has 0 heterocycles. The molecule has 0 bridgehead atoms. The molecule has 0 rings (SSSR count). The molecule has 0 saturated carbocycles. The van der Waals surface area contributed by atoms with Crippen molar-refractivity contribution < 1.29 is 0 Å². The van der Waals surface area contributed by atoms with Crippen molar-refractivity contribution in [2.45, 2.75) is 6.04 Å². The average molecular weight is 198 g/mol. The first kappa shape index (κ1) is 11.5. The lowest BCUT2D eigenvalue weighted by Gasteiger charge is -1.90. The second-order valence-electron chi connectivity index (χ2n) is 2.03. The van der Waals surface area contributed by atoms with Gasteiger partial charge in [0.25, 0.3) is 0 Å². The van der Waals surface area contributed by atoms with E-state index in [0.717, 1.165) is 0 Å². The standard InChI is InChI=1S/C3H9N.C2H7BrSi/c1-4(2)3;3-1-2-4/h1-3H3;1-2H2,4H3. The summed E-state index contributed by atoms with van der Waals surface area (Å²) in [5.41, 5.74) is 0. The Morgan fingerprint density at radius 2 is 1.50 bits per heavy atom. The lowest BCUT2D eigenvalue weighted by molar-refractivity contribution is 0.505. The van der Waals surface area contributed by atoms with Crippen LogP contribution in [0.2, 0.25) is 6.04 Å². The van der Waals surface area contributed by atoms with E-state index >= 15 is 0 Å². The van der Waals surface area contributed by atoms with Crippen molar-refractivity contribution in [3.8, 4) is 0 Å². The fourth-order valence-corrected chi connectivity index (χ4v) is 0. The molecule has 0 aliphatic heterocycles. The van der Waals surface area contributed by atoms with Gasteiger partial charge in [-0.1, -0.05) is 22.0 Å². The van der Waals surface area contributed by atoms with E-state index in [2.05, 4.69) is 15.9 Å². The second kappa shape index (κ2) is 10.6. The van der Waals surface area contributed by atoms with Crippen molar-refractivity contribution in [3.05, 3.63) is 0 Å². The zero-order chi connectivity index (χ0) is 6.99. The van der Waals surface area contributed by atoms with E-state index in [0.29, 0.717) is 0 Å². The van der Waals surface area contributed by atoms with Gasteiger partial charge in [0.2, 0.25) is 0 Å². The van der Waals surface area contributed by atoms with E-state index in [4.69, 9.17) is 0 Å². The lowest BCUT2D eigenvalue weighted by atomic mass is 11.0. The largest absolute Gasteiger partial charge is 0.312 e. The van der Waals surface area contributed by atoms with Gasteiger partial charge in [0.15, 0.2) is 0 Å². The SMILES string of the molecule is CN(C)C.[SiH3]CCBr. The van der Waals surface area contributed by atoms with Crippen LogP contribution < -0.4 is 0 Å². The van der Waals surface area contributed by atoms with Crippen LogP contribution in [0.3, 0.4) is 0 Å². The van der Waals surface area contributed by atoms with Gasteiger partial charge in [0.1, 0.15) is 0 Å². The predicted molar refractivity (Wildman–Crippen MR) is 48.2 cm³/mol. The van der Waals surface area contributed by atoms with Crippen molar-refractivity contribution in [1.29, 1.82) is 0 Å². The Morgan fingerprint density at radius 3 is 1.50 bits per heavy atom. The van der Waals surface area contributed by atoms with Crippen LogP contribution in [-0.2, 0) is 0 Å². The topological polar surface area (TPSA) is 3.24 Å². The van der Waals surface area contributed by atoms with E-state index in [1.165, 1.54) is 21.6 Å². The summed E-state index contributed by atoms with van der Waals surface area (Å²) in [5, 5.41) is 1.19. The molecule has 0 N–H and O–H groups in total.